The van der Waals surface area contributed by atoms with Gasteiger partial charge in [-0.05, 0) is 12.1 Å². The van der Waals surface area contributed by atoms with Crippen molar-refractivity contribution in [1.82, 2.24) is 4.98 Å². The van der Waals surface area contributed by atoms with E-state index in [1.165, 1.54) is 5.38 Å². The molecule has 0 saturated carbocycles. The summed E-state index contributed by atoms with van der Waals surface area (Å²) in [6.07, 6.45) is 0.514. The second-order valence-corrected chi connectivity index (χ2v) is 4.18. The van der Waals surface area contributed by atoms with Crippen LogP contribution in [0.4, 0.5) is 8.78 Å². The molecule has 1 heterocycles. The molecule has 0 unspecified atom stereocenters. The van der Waals surface area contributed by atoms with Crippen molar-refractivity contribution < 1.29 is 13.6 Å². The number of thiazole rings is 1. The number of rotatable bonds is 2. The van der Waals surface area contributed by atoms with Gasteiger partial charge in [0.1, 0.15) is 16.5 Å². The van der Waals surface area contributed by atoms with Crippen LogP contribution in [0.25, 0.3) is 10.6 Å². The molecule has 0 N–H and O–H groups in total. The van der Waals surface area contributed by atoms with Crippen LogP contribution in [0.1, 0.15) is 10.5 Å². The first-order valence-electron chi connectivity index (χ1n) is 4.18. The van der Waals surface area contributed by atoms with E-state index in [0.29, 0.717) is 6.29 Å². The van der Waals surface area contributed by atoms with Crippen LogP contribution < -0.4 is 0 Å². The Hall–Kier alpha value is -1.33. The summed E-state index contributed by atoms with van der Waals surface area (Å²) in [6, 6.07) is 2.19. The molecular formula is C10H4ClF2NOS. The van der Waals surface area contributed by atoms with E-state index in [9.17, 15) is 13.6 Å². The molecule has 16 heavy (non-hydrogen) atoms. The highest BCUT2D eigenvalue weighted by Crippen LogP contribution is 2.32. The van der Waals surface area contributed by atoms with Gasteiger partial charge >= 0.3 is 0 Å². The zero-order valence-electron chi connectivity index (χ0n) is 7.71. The normalized spacial score (nSPS) is 10.4. The summed E-state index contributed by atoms with van der Waals surface area (Å²) >= 11 is 6.53. The van der Waals surface area contributed by atoms with Gasteiger partial charge in [0.25, 0.3) is 0 Å². The molecule has 0 aliphatic carbocycles. The number of carbonyl (C=O) groups is 1. The summed E-state index contributed by atoms with van der Waals surface area (Å²) in [5, 5.41) is 1.33. The summed E-state index contributed by atoms with van der Waals surface area (Å²) < 4.78 is 27.0. The SMILES string of the molecule is O=Cc1csc(-c2c(F)ccc(Cl)c2F)n1. The zero-order chi connectivity index (χ0) is 11.7. The van der Waals surface area contributed by atoms with Crippen molar-refractivity contribution in [1.29, 1.82) is 0 Å². The van der Waals surface area contributed by atoms with Crippen LogP contribution in [0.15, 0.2) is 17.5 Å². The quantitative estimate of drug-likeness (QED) is 0.610. The summed E-state index contributed by atoms with van der Waals surface area (Å²) in [4.78, 5) is 14.2. The lowest BCUT2D eigenvalue weighted by molar-refractivity contribution is 0.111. The van der Waals surface area contributed by atoms with Crippen LogP contribution in [0, 0.1) is 11.6 Å². The molecule has 0 radical (unpaired) electrons. The number of nitrogens with zero attached hydrogens (tertiary/aromatic N) is 1. The molecule has 82 valence electrons. The summed E-state index contributed by atoms with van der Waals surface area (Å²) in [7, 11) is 0. The van der Waals surface area contributed by atoms with Crippen molar-refractivity contribution in [2.75, 3.05) is 0 Å². The Labute approximate surface area is 98.5 Å². The van der Waals surface area contributed by atoms with Crippen molar-refractivity contribution in [3.63, 3.8) is 0 Å². The molecule has 0 fully saturated rings. The van der Waals surface area contributed by atoms with E-state index < -0.39 is 11.6 Å². The number of hydrogen-bond acceptors (Lipinski definition) is 3. The zero-order valence-corrected chi connectivity index (χ0v) is 9.28. The number of hydrogen-bond donors (Lipinski definition) is 0. The van der Waals surface area contributed by atoms with E-state index in [-0.39, 0.29) is 21.3 Å². The van der Waals surface area contributed by atoms with Crippen molar-refractivity contribution in [3.8, 4) is 10.6 Å². The average Bonchev–Trinajstić information content (AvgIpc) is 2.73. The van der Waals surface area contributed by atoms with E-state index in [4.69, 9.17) is 11.6 Å². The smallest absolute Gasteiger partial charge is 0.169 e. The summed E-state index contributed by atoms with van der Waals surface area (Å²) in [5.74, 6) is -1.62. The van der Waals surface area contributed by atoms with Gasteiger partial charge in [-0.1, -0.05) is 11.6 Å². The number of benzene rings is 1. The van der Waals surface area contributed by atoms with Gasteiger partial charge in [0, 0.05) is 5.38 Å². The Morgan fingerprint density at radius 2 is 2.12 bits per heavy atom. The van der Waals surface area contributed by atoms with Gasteiger partial charge in [-0.25, -0.2) is 13.8 Å². The topological polar surface area (TPSA) is 30.0 Å². The van der Waals surface area contributed by atoms with E-state index in [2.05, 4.69) is 4.98 Å². The molecule has 0 atom stereocenters. The maximum absolute atomic E-state index is 13.6. The minimum Gasteiger partial charge on any atom is -0.296 e. The first-order valence-corrected chi connectivity index (χ1v) is 5.44. The van der Waals surface area contributed by atoms with Gasteiger partial charge in [0.15, 0.2) is 12.1 Å². The van der Waals surface area contributed by atoms with Crippen molar-refractivity contribution in [3.05, 3.63) is 39.9 Å². The van der Waals surface area contributed by atoms with Gasteiger partial charge < -0.3 is 0 Å². The minimum absolute atomic E-state index is 0.0969. The number of halogens is 3. The second kappa shape index (κ2) is 4.27. The Balaban J connectivity index is 2.63. The lowest BCUT2D eigenvalue weighted by Gasteiger charge is -2.02. The molecule has 2 rings (SSSR count). The Bertz CT molecular complexity index is 556. The standard InChI is InChI=1S/C10H4ClF2NOS/c11-6-1-2-7(12)8(9(6)13)10-14-5(3-15)4-16-10/h1-4H. The molecule has 0 spiro atoms. The molecule has 1 aromatic heterocycles. The molecule has 0 aliphatic heterocycles. The van der Waals surface area contributed by atoms with Gasteiger partial charge in [-0.2, -0.15) is 0 Å². The fraction of sp³-hybridized carbons (Fsp3) is 0. The molecule has 0 amide bonds. The van der Waals surface area contributed by atoms with Crippen LogP contribution in [0.5, 0.6) is 0 Å². The number of aldehydes is 1. The lowest BCUT2D eigenvalue weighted by atomic mass is 10.2. The van der Waals surface area contributed by atoms with Crippen LogP contribution in [0.2, 0.25) is 5.02 Å². The Morgan fingerprint density at radius 3 is 2.75 bits per heavy atom. The third kappa shape index (κ3) is 1.83. The monoisotopic (exact) mass is 259 g/mol. The van der Waals surface area contributed by atoms with E-state index >= 15 is 0 Å². The fourth-order valence-electron chi connectivity index (χ4n) is 1.18. The summed E-state index contributed by atoms with van der Waals surface area (Å²) in [5.41, 5.74) is -0.163. The van der Waals surface area contributed by atoms with Crippen molar-refractivity contribution in [2.24, 2.45) is 0 Å². The lowest BCUT2D eigenvalue weighted by Crippen LogP contribution is -1.91. The Kier molecular flexibility index (Phi) is 2.98. The molecule has 2 nitrogen and oxygen atoms in total. The van der Waals surface area contributed by atoms with Gasteiger partial charge in [-0.3, -0.25) is 4.79 Å². The predicted molar refractivity (Wildman–Crippen MR) is 57.9 cm³/mol. The number of carbonyl (C=O) groups excluding carboxylic acids is 1. The maximum atomic E-state index is 13.6. The van der Waals surface area contributed by atoms with Crippen LogP contribution in [0.3, 0.4) is 0 Å². The molecule has 0 saturated heterocycles. The molecular weight excluding hydrogens is 256 g/mol. The third-order valence-corrected chi connectivity index (χ3v) is 3.07. The molecule has 1 aromatic carbocycles. The van der Waals surface area contributed by atoms with Crippen molar-refractivity contribution in [2.45, 2.75) is 0 Å². The van der Waals surface area contributed by atoms with Gasteiger partial charge in [-0.15, -0.1) is 11.3 Å². The molecule has 6 heteroatoms. The van der Waals surface area contributed by atoms with Gasteiger partial charge in [0.05, 0.1) is 10.6 Å². The predicted octanol–water partition coefficient (Wildman–Crippen LogP) is 3.55. The van der Waals surface area contributed by atoms with E-state index in [1.54, 1.807) is 0 Å². The van der Waals surface area contributed by atoms with E-state index in [0.717, 1.165) is 23.5 Å². The molecule has 0 bridgehead atoms. The highest BCUT2D eigenvalue weighted by Gasteiger charge is 2.17. The van der Waals surface area contributed by atoms with Gasteiger partial charge in [0.2, 0.25) is 0 Å². The minimum atomic E-state index is -0.867. The highest BCUT2D eigenvalue weighted by molar-refractivity contribution is 7.13. The summed E-state index contributed by atoms with van der Waals surface area (Å²) in [6.45, 7) is 0. The largest absolute Gasteiger partial charge is 0.296 e. The second-order valence-electron chi connectivity index (χ2n) is 2.91. The maximum Gasteiger partial charge on any atom is 0.169 e. The van der Waals surface area contributed by atoms with Crippen LogP contribution >= 0.6 is 22.9 Å². The van der Waals surface area contributed by atoms with Crippen LogP contribution in [-0.2, 0) is 0 Å². The molecule has 0 aliphatic rings. The highest BCUT2D eigenvalue weighted by atomic mass is 35.5. The van der Waals surface area contributed by atoms with E-state index in [1.807, 2.05) is 0 Å². The third-order valence-electron chi connectivity index (χ3n) is 1.90. The average molecular weight is 260 g/mol. The fourth-order valence-corrected chi connectivity index (χ4v) is 2.14. The molecule has 2 aromatic rings. The Morgan fingerprint density at radius 1 is 1.38 bits per heavy atom. The number of aromatic nitrogens is 1. The van der Waals surface area contributed by atoms with Crippen LogP contribution in [-0.4, -0.2) is 11.3 Å². The first-order chi connectivity index (χ1) is 7.63. The van der Waals surface area contributed by atoms with Crippen molar-refractivity contribution >= 4 is 29.2 Å². The first kappa shape index (κ1) is 11.2.